The summed E-state index contributed by atoms with van der Waals surface area (Å²) in [5.74, 6) is 0.985. The third kappa shape index (κ3) is 3.54. The van der Waals surface area contributed by atoms with Gasteiger partial charge in [0.2, 0.25) is 5.91 Å². The lowest BCUT2D eigenvalue weighted by Gasteiger charge is -2.32. The lowest BCUT2D eigenvalue weighted by Crippen LogP contribution is -2.42. The molecule has 1 saturated heterocycles. The molecule has 5 nitrogen and oxygen atoms in total. The van der Waals surface area contributed by atoms with E-state index in [1.54, 1.807) is 6.20 Å². The van der Waals surface area contributed by atoms with Crippen molar-refractivity contribution in [3.63, 3.8) is 0 Å². The van der Waals surface area contributed by atoms with E-state index in [-0.39, 0.29) is 12.0 Å². The van der Waals surface area contributed by atoms with E-state index in [0.29, 0.717) is 26.1 Å². The third-order valence-electron chi connectivity index (χ3n) is 3.92. The molecule has 2 heterocycles. The van der Waals surface area contributed by atoms with Crippen molar-refractivity contribution in [3.05, 3.63) is 53.6 Å². The van der Waals surface area contributed by atoms with Crippen LogP contribution in [-0.4, -0.2) is 40.5 Å². The van der Waals surface area contributed by atoms with Gasteiger partial charge in [0.05, 0.1) is 13.2 Å². The highest BCUT2D eigenvalue weighted by Gasteiger charge is 2.26. The van der Waals surface area contributed by atoms with Crippen LogP contribution in [0.5, 0.6) is 0 Å². The lowest BCUT2D eigenvalue weighted by molar-refractivity contribution is -0.139. The molecule has 0 aliphatic carbocycles. The molecule has 2 aromatic rings. The van der Waals surface area contributed by atoms with E-state index < -0.39 is 0 Å². The van der Waals surface area contributed by atoms with Crippen molar-refractivity contribution in [1.29, 1.82) is 0 Å². The van der Waals surface area contributed by atoms with Crippen LogP contribution in [0, 0.1) is 6.92 Å². The second-order valence-electron chi connectivity index (χ2n) is 5.64. The second-order valence-corrected chi connectivity index (χ2v) is 5.64. The first-order valence-corrected chi connectivity index (χ1v) is 7.67. The zero-order valence-electron chi connectivity index (χ0n) is 12.8. The van der Waals surface area contributed by atoms with Gasteiger partial charge < -0.3 is 14.6 Å². The highest BCUT2D eigenvalue weighted by Crippen LogP contribution is 2.20. The highest BCUT2D eigenvalue weighted by molar-refractivity contribution is 5.76. The second kappa shape index (κ2) is 6.75. The van der Waals surface area contributed by atoms with Crippen LogP contribution in [0.1, 0.15) is 29.6 Å². The van der Waals surface area contributed by atoms with Crippen LogP contribution >= 0.6 is 0 Å². The zero-order chi connectivity index (χ0) is 15.4. The smallest absolute Gasteiger partial charge is 0.223 e. The predicted molar refractivity (Wildman–Crippen MR) is 83.4 cm³/mol. The molecule has 1 aromatic heterocycles. The molecule has 1 aromatic carbocycles. The van der Waals surface area contributed by atoms with E-state index in [1.807, 2.05) is 30.0 Å². The summed E-state index contributed by atoms with van der Waals surface area (Å²) in [5, 5.41) is 0. The molecule has 1 atom stereocenters. The van der Waals surface area contributed by atoms with Crippen molar-refractivity contribution in [2.45, 2.75) is 25.9 Å². The molecule has 1 amide bonds. The summed E-state index contributed by atoms with van der Waals surface area (Å²) in [6.07, 6.45) is 2.95. The number of morpholine rings is 1. The molecule has 0 spiro atoms. The van der Waals surface area contributed by atoms with Crippen LogP contribution in [0.3, 0.4) is 0 Å². The van der Waals surface area contributed by atoms with Crippen molar-refractivity contribution in [2.75, 3.05) is 19.7 Å². The van der Waals surface area contributed by atoms with Crippen molar-refractivity contribution >= 4 is 5.91 Å². The van der Waals surface area contributed by atoms with E-state index in [1.165, 1.54) is 5.56 Å². The number of H-pyrrole nitrogens is 1. The minimum Gasteiger partial charge on any atom is -0.367 e. The number of carbonyl (C=O) groups is 1. The van der Waals surface area contributed by atoms with E-state index >= 15 is 0 Å². The molecular formula is C17H21N3O2. The average Bonchev–Trinajstić information content (AvgIpc) is 3.00. The minimum atomic E-state index is -0.150. The van der Waals surface area contributed by atoms with Crippen LogP contribution < -0.4 is 0 Å². The quantitative estimate of drug-likeness (QED) is 0.942. The molecule has 1 fully saturated rings. The highest BCUT2D eigenvalue weighted by atomic mass is 16.5. The number of amides is 1. The van der Waals surface area contributed by atoms with Crippen molar-refractivity contribution < 1.29 is 9.53 Å². The summed E-state index contributed by atoms with van der Waals surface area (Å²) < 4.78 is 5.73. The molecule has 1 aliphatic heterocycles. The Morgan fingerprint density at radius 3 is 2.95 bits per heavy atom. The van der Waals surface area contributed by atoms with E-state index in [2.05, 4.69) is 22.1 Å². The Morgan fingerprint density at radius 1 is 1.41 bits per heavy atom. The normalized spacial score (nSPS) is 18.4. The van der Waals surface area contributed by atoms with Crippen LogP contribution in [0.25, 0.3) is 0 Å². The topological polar surface area (TPSA) is 58.2 Å². The number of aromatic nitrogens is 2. The third-order valence-corrected chi connectivity index (χ3v) is 3.92. The van der Waals surface area contributed by atoms with Gasteiger partial charge in [0.1, 0.15) is 11.9 Å². The monoisotopic (exact) mass is 299 g/mol. The fourth-order valence-electron chi connectivity index (χ4n) is 2.69. The Balaban J connectivity index is 1.56. The lowest BCUT2D eigenvalue weighted by atomic mass is 10.1. The number of carbonyl (C=O) groups excluding carboxylic acids is 1. The summed E-state index contributed by atoms with van der Waals surface area (Å²) in [5.41, 5.74) is 2.20. The molecule has 0 bridgehead atoms. The molecule has 116 valence electrons. The van der Waals surface area contributed by atoms with Gasteiger partial charge >= 0.3 is 0 Å². The first kappa shape index (κ1) is 14.8. The first-order valence-electron chi connectivity index (χ1n) is 7.67. The number of ether oxygens (including phenoxy) is 1. The molecule has 1 unspecified atom stereocenters. The number of rotatable bonds is 4. The summed E-state index contributed by atoms with van der Waals surface area (Å²) in [4.78, 5) is 21.8. The molecule has 22 heavy (non-hydrogen) atoms. The van der Waals surface area contributed by atoms with E-state index in [0.717, 1.165) is 17.9 Å². The SMILES string of the molecule is Cc1cnc(C2CN(C(=O)CCc3ccccc3)CCO2)[nH]1. The van der Waals surface area contributed by atoms with Gasteiger partial charge in [-0.3, -0.25) is 4.79 Å². The van der Waals surface area contributed by atoms with Gasteiger partial charge in [-0.2, -0.15) is 0 Å². The molecule has 1 N–H and O–H groups in total. The van der Waals surface area contributed by atoms with Gasteiger partial charge in [-0.1, -0.05) is 30.3 Å². The number of nitrogens with zero attached hydrogens (tertiary/aromatic N) is 2. The number of nitrogens with one attached hydrogen (secondary N) is 1. The Hall–Kier alpha value is -2.14. The van der Waals surface area contributed by atoms with Gasteiger partial charge in [-0.05, 0) is 18.9 Å². The summed E-state index contributed by atoms with van der Waals surface area (Å²) in [6.45, 7) is 3.74. The maximum Gasteiger partial charge on any atom is 0.223 e. The first-order chi connectivity index (χ1) is 10.7. The average molecular weight is 299 g/mol. The van der Waals surface area contributed by atoms with Crippen LogP contribution in [0.15, 0.2) is 36.5 Å². The van der Waals surface area contributed by atoms with Crippen LogP contribution in [0.2, 0.25) is 0 Å². The largest absolute Gasteiger partial charge is 0.367 e. The summed E-state index contributed by atoms with van der Waals surface area (Å²) in [6, 6.07) is 10.1. The standard InChI is InChI=1S/C17H21N3O2/c1-13-11-18-17(19-13)15-12-20(9-10-22-15)16(21)8-7-14-5-3-2-4-6-14/h2-6,11,15H,7-10,12H2,1H3,(H,18,19). The van der Waals surface area contributed by atoms with Gasteiger partial charge in [-0.25, -0.2) is 4.98 Å². The minimum absolute atomic E-state index is 0.150. The summed E-state index contributed by atoms with van der Waals surface area (Å²) >= 11 is 0. The van der Waals surface area contributed by atoms with E-state index in [4.69, 9.17) is 4.74 Å². The molecule has 0 radical (unpaired) electrons. The predicted octanol–water partition coefficient (Wildman–Crippen LogP) is 2.25. The molecule has 1 aliphatic rings. The molecule has 5 heteroatoms. The van der Waals surface area contributed by atoms with Crippen molar-refractivity contribution in [1.82, 2.24) is 14.9 Å². The van der Waals surface area contributed by atoms with Crippen LogP contribution in [0.4, 0.5) is 0 Å². The molecule has 0 saturated carbocycles. The van der Waals surface area contributed by atoms with Gasteiger partial charge in [0, 0.05) is 24.9 Å². The molecular weight excluding hydrogens is 278 g/mol. The van der Waals surface area contributed by atoms with Crippen LogP contribution in [-0.2, 0) is 16.0 Å². The van der Waals surface area contributed by atoms with Gasteiger partial charge in [0.25, 0.3) is 0 Å². The number of aryl methyl sites for hydroxylation is 2. The Kier molecular flexibility index (Phi) is 4.53. The van der Waals surface area contributed by atoms with Crippen molar-refractivity contribution in [2.24, 2.45) is 0 Å². The number of benzene rings is 1. The Morgan fingerprint density at radius 2 is 2.23 bits per heavy atom. The zero-order valence-corrected chi connectivity index (χ0v) is 12.8. The maximum absolute atomic E-state index is 12.4. The Labute approximate surface area is 130 Å². The van der Waals surface area contributed by atoms with Gasteiger partial charge in [0.15, 0.2) is 0 Å². The van der Waals surface area contributed by atoms with Gasteiger partial charge in [-0.15, -0.1) is 0 Å². The van der Waals surface area contributed by atoms with E-state index in [9.17, 15) is 4.79 Å². The number of hydrogen-bond acceptors (Lipinski definition) is 3. The maximum atomic E-state index is 12.4. The number of imidazole rings is 1. The Bertz CT molecular complexity index is 624. The molecule has 3 rings (SSSR count). The fraction of sp³-hybridized carbons (Fsp3) is 0.412. The number of hydrogen-bond donors (Lipinski definition) is 1. The fourth-order valence-corrected chi connectivity index (χ4v) is 2.69. The number of aromatic amines is 1. The summed E-state index contributed by atoms with van der Waals surface area (Å²) in [7, 11) is 0. The van der Waals surface area contributed by atoms with Crippen molar-refractivity contribution in [3.8, 4) is 0 Å².